The fraction of sp³-hybridized carbons (Fsp3) is 0.615. The highest BCUT2D eigenvalue weighted by molar-refractivity contribution is 9.10. The van der Waals surface area contributed by atoms with E-state index < -0.39 is 6.10 Å². The lowest BCUT2D eigenvalue weighted by Crippen LogP contribution is -2.19. The molecule has 0 radical (unpaired) electrons. The van der Waals surface area contributed by atoms with Gasteiger partial charge in [-0.3, -0.25) is 4.68 Å². The molecule has 1 aromatic rings. The Morgan fingerprint density at radius 1 is 1.61 bits per heavy atom. The van der Waals surface area contributed by atoms with Crippen LogP contribution in [0, 0.1) is 5.92 Å². The van der Waals surface area contributed by atoms with E-state index in [2.05, 4.69) is 33.2 Å². The third kappa shape index (κ3) is 3.02. The highest BCUT2D eigenvalue weighted by atomic mass is 79.9. The summed E-state index contributed by atoms with van der Waals surface area (Å²) < 4.78 is 7.77. The number of nitrogens with zero attached hydrogens (tertiary/aromatic N) is 2. The normalized spacial score (nSPS) is 21.2. The quantitative estimate of drug-likeness (QED) is 0.850. The van der Waals surface area contributed by atoms with Crippen LogP contribution in [0.3, 0.4) is 0 Å². The van der Waals surface area contributed by atoms with Crippen molar-refractivity contribution in [2.45, 2.75) is 31.9 Å². The summed E-state index contributed by atoms with van der Waals surface area (Å²) >= 11 is 3.47. The summed E-state index contributed by atoms with van der Waals surface area (Å²) in [7, 11) is 1.67. The van der Waals surface area contributed by atoms with Crippen molar-refractivity contribution in [2.75, 3.05) is 13.7 Å². The molecule has 100 valence electrons. The first-order valence-corrected chi connectivity index (χ1v) is 7.06. The standard InChI is InChI=1S/C13H19BrN2O2/c1-18-8-7-16-12(11(14)9-15-16)13(17)10-5-3-2-4-6-10/h2-3,9-10,13,17H,4-8H2,1H3. The minimum atomic E-state index is -0.469. The number of hydrogen-bond donors (Lipinski definition) is 1. The van der Waals surface area contributed by atoms with Gasteiger partial charge in [0.2, 0.25) is 0 Å². The van der Waals surface area contributed by atoms with Crippen LogP contribution in [0.1, 0.15) is 31.1 Å². The molecule has 4 nitrogen and oxygen atoms in total. The SMILES string of the molecule is COCCn1ncc(Br)c1C(O)C1CC=CCC1. The van der Waals surface area contributed by atoms with E-state index in [1.165, 1.54) is 0 Å². The van der Waals surface area contributed by atoms with E-state index in [9.17, 15) is 5.11 Å². The fourth-order valence-electron chi connectivity index (χ4n) is 2.35. The molecule has 0 saturated heterocycles. The zero-order valence-corrected chi connectivity index (χ0v) is 12.1. The molecule has 0 spiro atoms. The lowest BCUT2D eigenvalue weighted by Gasteiger charge is -2.24. The van der Waals surface area contributed by atoms with E-state index in [-0.39, 0.29) is 5.92 Å². The summed E-state index contributed by atoms with van der Waals surface area (Å²) in [4.78, 5) is 0. The molecule has 1 aliphatic rings. The maximum atomic E-state index is 10.5. The Balaban J connectivity index is 2.14. The molecule has 1 aromatic heterocycles. The second kappa shape index (κ2) is 6.50. The van der Waals surface area contributed by atoms with E-state index in [4.69, 9.17) is 4.74 Å². The lowest BCUT2D eigenvalue weighted by molar-refractivity contribution is 0.0899. The highest BCUT2D eigenvalue weighted by Gasteiger charge is 2.26. The first kappa shape index (κ1) is 13.8. The van der Waals surface area contributed by atoms with Crippen LogP contribution < -0.4 is 0 Å². The maximum absolute atomic E-state index is 10.5. The van der Waals surface area contributed by atoms with Gasteiger partial charge >= 0.3 is 0 Å². The molecule has 2 rings (SSSR count). The molecule has 0 saturated carbocycles. The minimum absolute atomic E-state index is 0.282. The average Bonchev–Trinajstić information content (AvgIpc) is 2.77. The molecule has 1 aliphatic carbocycles. The van der Waals surface area contributed by atoms with Gasteiger partial charge in [-0.05, 0) is 41.1 Å². The fourth-order valence-corrected chi connectivity index (χ4v) is 2.88. The Hall–Kier alpha value is -0.650. The summed E-state index contributed by atoms with van der Waals surface area (Å²) in [6.45, 7) is 1.26. The molecule has 0 fully saturated rings. The van der Waals surface area contributed by atoms with E-state index in [0.717, 1.165) is 29.4 Å². The predicted octanol–water partition coefficient (Wildman–Crippen LogP) is 2.68. The van der Waals surface area contributed by atoms with Gasteiger partial charge in [0.15, 0.2) is 0 Å². The van der Waals surface area contributed by atoms with Gasteiger partial charge in [-0.2, -0.15) is 5.10 Å². The molecule has 1 heterocycles. The van der Waals surface area contributed by atoms with Crippen LogP contribution in [0.15, 0.2) is 22.8 Å². The van der Waals surface area contributed by atoms with E-state index >= 15 is 0 Å². The number of aliphatic hydroxyl groups is 1. The number of hydrogen-bond acceptors (Lipinski definition) is 3. The Kier molecular flexibility index (Phi) is 4.97. The van der Waals surface area contributed by atoms with Gasteiger partial charge in [0, 0.05) is 7.11 Å². The summed E-state index contributed by atoms with van der Waals surface area (Å²) in [5.74, 6) is 0.282. The van der Waals surface area contributed by atoms with Crippen LogP contribution >= 0.6 is 15.9 Å². The van der Waals surface area contributed by atoms with Crippen molar-refractivity contribution in [3.63, 3.8) is 0 Å². The van der Waals surface area contributed by atoms with Crippen LogP contribution in [0.25, 0.3) is 0 Å². The summed E-state index contributed by atoms with van der Waals surface area (Å²) in [5, 5.41) is 14.8. The van der Waals surface area contributed by atoms with Gasteiger partial charge in [-0.25, -0.2) is 0 Å². The molecular formula is C13H19BrN2O2. The minimum Gasteiger partial charge on any atom is -0.386 e. The molecule has 2 unspecified atom stereocenters. The molecule has 0 bridgehead atoms. The molecule has 0 aromatic carbocycles. The van der Waals surface area contributed by atoms with Crippen LogP contribution in [0.4, 0.5) is 0 Å². The highest BCUT2D eigenvalue weighted by Crippen LogP contribution is 2.34. The molecule has 5 heteroatoms. The van der Waals surface area contributed by atoms with Crippen LogP contribution in [0.5, 0.6) is 0 Å². The van der Waals surface area contributed by atoms with Crippen LogP contribution in [-0.2, 0) is 11.3 Å². The van der Waals surface area contributed by atoms with Crippen molar-refractivity contribution in [3.05, 3.63) is 28.5 Å². The summed E-state index contributed by atoms with van der Waals surface area (Å²) in [5.41, 5.74) is 0.868. The number of allylic oxidation sites excluding steroid dienone is 2. The Bertz CT molecular complexity index is 417. The van der Waals surface area contributed by atoms with Gasteiger partial charge < -0.3 is 9.84 Å². The van der Waals surface area contributed by atoms with E-state index in [1.54, 1.807) is 13.3 Å². The largest absolute Gasteiger partial charge is 0.386 e. The lowest BCUT2D eigenvalue weighted by atomic mass is 9.88. The summed E-state index contributed by atoms with van der Waals surface area (Å²) in [6.07, 6.45) is 8.62. The number of rotatable bonds is 5. The Labute approximate surface area is 116 Å². The number of aromatic nitrogens is 2. The van der Waals surface area contributed by atoms with Crippen molar-refractivity contribution in [1.82, 2.24) is 9.78 Å². The Morgan fingerprint density at radius 2 is 2.44 bits per heavy atom. The van der Waals surface area contributed by atoms with Crippen molar-refractivity contribution in [3.8, 4) is 0 Å². The zero-order chi connectivity index (χ0) is 13.0. The zero-order valence-electron chi connectivity index (χ0n) is 10.6. The van der Waals surface area contributed by atoms with Crippen molar-refractivity contribution in [1.29, 1.82) is 0 Å². The molecule has 0 amide bonds. The molecule has 1 N–H and O–H groups in total. The van der Waals surface area contributed by atoms with Gasteiger partial charge in [0.1, 0.15) is 0 Å². The molecule has 2 atom stereocenters. The molecule has 18 heavy (non-hydrogen) atoms. The van der Waals surface area contributed by atoms with Gasteiger partial charge in [-0.1, -0.05) is 12.2 Å². The predicted molar refractivity (Wildman–Crippen MR) is 73.2 cm³/mol. The monoisotopic (exact) mass is 314 g/mol. The smallest absolute Gasteiger partial charge is 0.0999 e. The third-order valence-electron chi connectivity index (χ3n) is 3.38. The first-order valence-electron chi connectivity index (χ1n) is 6.27. The van der Waals surface area contributed by atoms with Crippen molar-refractivity contribution in [2.24, 2.45) is 5.92 Å². The van der Waals surface area contributed by atoms with E-state index in [0.29, 0.717) is 13.2 Å². The molecule has 0 aliphatic heterocycles. The number of ether oxygens (including phenoxy) is 1. The van der Waals surface area contributed by atoms with E-state index in [1.807, 2.05) is 4.68 Å². The first-order chi connectivity index (χ1) is 8.74. The van der Waals surface area contributed by atoms with Gasteiger partial charge in [-0.15, -0.1) is 0 Å². The average molecular weight is 315 g/mol. The third-order valence-corrected chi connectivity index (χ3v) is 3.99. The van der Waals surface area contributed by atoms with Crippen molar-refractivity contribution < 1.29 is 9.84 Å². The van der Waals surface area contributed by atoms with Crippen LogP contribution in [0.2, 0.25) is 0 Å². The topological polar surface area (TPSA) is 47.3 Å². The Morgan fingerprint density at radius 3 is 3.11 bits per heavy atom. The number of aliphatic hydroxyl groups excluding tert-OH is 1. The number of methoxy groups -OCH3 is 1. The van der Waals surface area contributed by atoms with Gasteiger partial charge in [0.05, 0.1) is 35.6 Å². The molecular weight excluding hydrogens is 296 g/mol. The van der Waals surface area contributed by atoms with Gasteiger partial charge in [0.25, 0.3) is 0 Å². The maximum Gasteiger partial charge on any atom is 0.0999 e. The number of halogens is 1. The van der Waals surface area contributed by atoms with Crippen LogP contribution in [-0.4, -0.2) is 28.6 Å². The van der Waals surface area contributed by atoms with Crippen molar-refractivity contribution >= 4 is 15.9 Å². The summed E-state index contributed by atoms with van der Waals surface area (Å²) in [6, 6.07) is 0. The second-order valence-corrected chi connectivity index (χ2v) is 5.44. The second-order valence-electron chi connectivity index (χ2n) is 4.58.